The zero-order valence-corrected chi connectivity index (χ0v) is 6.09. The van der Waals surface area contributed by atoms with Crippen molar-refractivity contribution in [1.82, 2.24) is 5.09 Å². The molecular weight excluding hydrogens is 119 g/mol. The Kier molecular flexibility index (Phi) is 5.00. The molecule has 0 aliphatic carbocycles. The second kappa shape index (κ2) is 5.05. The fourth-order valence-corrected chi connectivity index (χ4v) is 0.617. The quantitative estimate of drug-likeness (QED) is 0.398. The summed E-state index contributed by atoms with van der Waals surface area (Å²) in [5, 5.41) is 2.84. The topological polar surface area (TPSA) is 38.0 Å². The summed E-state index contributed by atoms with van der Waals surface area (Å²) in [5.41, 5.74) is 5.45. The van der Waals surface area contributed by atoms with Crippen LogP contribution in [0.4, 0.5) is 0 Å². The molecule has 0 aliphatic heterocycles. The molecule has 0 fully saturated rings. The molecule has 0 saturated carbocycles. The molecule has 0 aliphatic rings. The summed E-state index contributed by atoms with van der Waals surface area (Å²) in [7, 11) is 2.38. The Balaban J connectivity index is 3.27. The molecule has 0 aromatic heterocycles. The van der Waals surface area contributed by atoms with E-state index in [9.17, 15) is 0 Å². The maximum atomic E-state index is 5.45. The summed E-state index contributed by atoms with van der Waals surface area (Å²) in [4.78, 5) is 0. The lowest BCUT2D eigenvalue weighted by Gasteiger charge is -1.99. The zero-order chi connectivity index (χ0) is 6.41. The lowest BCUT2D eigenvalue weighted by molar-refractivity contribution is 0.808. The molecule has 0 heterocycles. The third-order valence-corrected chi connectivity index (χ3v) is 0.903. The highest BCUT2D eigenvalue weighted by Crippen LogP contribution is 1.73. The Hall–Kier alpha value is -0.0900. The molecule has 0 aromatic rings. The minimum atomic E-state index is -0.0301. The highest BCUT2D eigenvalue weighted by Gasteiger charge is 1.89. The van der Waals surface area contributed by atoms with Crippen molar-refractivity contribution in [3.05, 3.63) is 0 Å². The maximum absolute atomic E-state index is 5.45. The highest BCUT2D eigenvalue weighted by molar-refractivity contribution is 7.13. The molecule has 0 bridgehead atoms. The van der Waals surface area contributed by atoms with Crippen LogP contribution in [0, 0.1) is 11.8 Å². The van der Waals surface area contributed by atoms with Gasteiger partial charge in [0.05, 0.1) is 6.04 Å². The van der Waals surface area contributed by atoms with Crippen molar-refractivity contribution in [2.24, 2.45) is 5.73 Å². The summed E-state index contributed by atoms with van der Waals surface area (Å²) in [6.45, 7) is 2.51. The van der Waals surface area contributed by atoms with Crippen molar-refractivity contribution in [2.75, 3.05) is 6.54 Å². The maximum Gasteiger partial charge on any atom is 0.0793 e. The molecule has 0 saturated heterocycles. The smallest absolute Gasteiger partial charge is 0.0793 e. The first-order valence-electron chi connectivity index (χ1n) is 2.42. The molecule has 2 nitrogen and oxygen atoms in total. The number of rotatable bonds is 2. The fraction of sp³-hybridized carbons (Fsp3) is 0.600. The monoisotopic (exact) mass is 130 g/mol. The Morgan fingerprint density at radius 1 is 1.88 bits per heavy atom. The number of hydrogen-bond acceptors (Lipinski definition) is 2. The van der Waals surface area contributed by atoms with Crippen molar-refractivity contribution < 1.29 is 0 Å². The van der Waals surface area contributed by atoms with E-state index in [1.165, 1.54) is 0 Å². The van der Waals surface area contributed by atoms with Gasteiger partial charge in [-0.1, -0.05) is 15.3 Å². The van der Waals surface area contributed by atoms with E-state index in [0.29, 0.717) is 0 Å². The Morgan fingerprint density at radius 2 is 2.50 bits per heavy atom. The predicted octanol–water partition coefficient (Wildman–Crippen LogP) is -0.283. The molecule has 8 heavy (non-hydrogen) atoms. The van der Waals surface area contributed by atoms with Crippen LogP contribution in [0.15, 0.2) is 0 Å². The van der Waals surface area contributed by atoms with Crippen molar-refractivity contribution in [2.45, 2.75) is 13.0 Å². The SMILES string of the molecule is CC#CC(N)CNP. The first kappa shape index (κ1) is 7.91. The van der Waals surface area contributed by atoms with Gasteiger partial charge >= 0.3 is 0 Å². The lowest BCUT2D eigenvalue weighted by atomic mass is 10.3. The second-order valence-electron chi connectivity index (χ2n) is 1.41. The van der Waals surface area contributed by atoms with E-state index in [1.807, 2.05) is 0 Å². The standard InChI is InChI=1S/C5H11N2P/c1-2-3-5(6)4-7-8/h5,7H,4,6,8H2,1H3. The summed E-state index contributed by atoms with van der Waals surface area (Å²) < 4.78 is 0. The molecular formula is C5H11N2P. The van der Waals surface area contributed by atoms with Gasteiger partial charge in [0.2, 0.25) is 0 Å². The van der Waals surface area contributed by atoms with Gasteiger partial charge < -0.3 is 5.73 Å². The van der Waals surface area contributed by atoms with Crippen LogP contribution in [-0.4, -0.2) is 12.6 Å². The van der Waals surface area contributed by atoms with Gasteiger partial charge in [-0.15, -0.1) is 5.92 Å². The summed E-state index contributed by atoms with van der Waals surface area (Å²) in [5.74, 6) is 5.53. The van der Waals surface area contributed by atoms with Crippen LogP contribution in [0.5, 0.6) is 0 Å². The minimum absolute atomic E-state index is 0.0301. The second-order valence-corrected chi connectivity index (χ2v) is 1.82. The molecule has 3 heteroatoms. The van der Waals surface area contributed by atoms with E-state index in [1.54, 1.807) is 6.92 Å². The minimum Gasteiger partial charge on any atom is -0.317 e. The summed E-state index contributed by atoms with van der Waals surface area (Å²) in [6.07, 6.45) is 0. The Bertz CT molecular complexity index is 103. The van der Waals surface area contributed by atoms with E-state index in [-0.39, 0.29) is 6.04 Å². The molecule has 0 radical (unpaired) electrons. The van der Waals surface area contributed by atoms with Crippen LogP contribution < -0.4 is 10.8 Å². The summed E-state index contributed by atoms with van der Waals surface area (Å²) >= 11 is 0. The van der Waals surface area contributed by atoms with Crippen molar-refractivity contribution in [1.29, 1.82) is 0 Å². The lowest BCUT2D eigenvalue weighted by Crippen LogP contribution is -2.27. The molecule has 3 N–H and O–H groups in total. The van der Waals surface area contributed by atoms with E-state index >= 15 is 0 Å². The van der Waals surface area contributed by atoms with E-state index < -0.39 is 0 Å². The first-order chi connectivity index (χ1) is 3.81. The van der Waals surface area contributed by atoms with Crippen LogP contribution in [0.3, 0.4) is 0 Å². The first-order valence-corrected chi connectivity index (χ1v) is 3.00. The molecule has 2 atom stereocenters. The predicted molar refractivity (Wildman–Crippen MR) is 39.1 cm³/mol. The fourth-order valence-electron chi connectivity index (χ4n) is 0.363. The third-order valence-electron chi connectivity index (χ3n) is 0.667. The third kappa shape index (κ3) is 4.08. The van der Waals surface area contributed by atoms with Crippen molar-refractivity contribution in [3.8, 4) is 11.8 Å². The Morgan fingerprint density at radius 3 is 2.88 bits per heavy atom. The van der Waals surface area contributed by atoms with Gasteiger partial charge in [0, 0.05) is 6.54 Å². The van der Waals surface area contributed by atoms with Crippen molar-refractivity contribution >= 4 is 9.39 Å². The van der Waals surface area contributed by atoms with Gasteiger partial charge in [-0.3, -0.25) is 5.09 Å². The van der Waals surface area contributed by atoms with E-state index in [0.717, 1.165) is 6.54 Å². The molecule has 0 rings (SSSR count). The average Bonchev–Trinajstić information content (AvgIpc) is 1.68. The van der Waals surface area contributed by atoms with Crippen LogP contribution in [-0.2, 0) is 0 Å². The molecule has 0 amide bonds. The van der Waals surface area contributed by atoms with Gasteiger partial charge in [0.25, 0.3) is 0 Å². The van der Waals surface area contributed by atoms with Gasteiger partial charge in [-0.2, -0.15) is 0 Å². The van der Waals surface area contributed by atoms with E-state index in [4.69, 9.17) is 5.73 Å². The van der Waals surface area contributed by atoms with Gasteiger partial charge in [-0.25, -0.2) is 0 Å². The highest BCUT2D eigenvalue weighted by atomic mass is 31.0. The summed E-state index contributed by atoms with van der Waals surface area (Å²) in [6, 6.07) is -0.0301. The van der Waals surface area contributed by atoms with Crippen LogP contribution >= 0.6 is 9.39 Å². The number of hydrogen-bond donors (Lipinski definition) is 2. The van der Waals surface area contributed by atoms with Gasteiger partial charge in [-0.05, 0) is 6.92 Å². The van der Waals surface area contributed by atoms with Crippen LogP contribution in [0.2, 0.25) is 0 Å². The van der Waals surface area contributed by atoms with Crippen molar-refractivity contribution in [3.63, 3.8) is 0 Å². The molecule has 46 valence electrons. The molecule has 0 spiro atoms. The van der Waals surface area contributed by atoms with E-state index in [2.05, 4.69) is 26.3 Å². The van der Waals surface area contributed by atoms with Gasteiger partial charge in [0.1, 0.15) is 0 Å². The molecule has 0 aromatic carbocycles. The largest absolute Gasteiger partial charge is 0.317 e. The zero-order valence-electron chi connectivity index (χ0n) is 4.94. The number of nitrogens with two attached hydrogens (primary N) is 1. The van der Waals surface area contributed by atoms with Crippen LogP contribution in [0.1, 0.15) is 6.92 Å². The normalized spacial score (nSPS) is 11.9. The van der Waals surface area contributed by atoms with Gasteiger partial charge in [0.15, 0.2) is 0 Å². The average molecular weight is 130 g/mol. The molecule has 2 unspecified atom stereocenters. The number of nitrogens with one attached hydrogen (secondary N) is 1. The Labute approximate surface area is 52.5 Å². The van der Waals surface area contributed by atoms with Crippen LogP contribution in [0.25, 0.3) is 0 Å².